The number of hydrogen-bond donors (Lipinski definition) is 1. The summed E-state index contributed by atoms with van der Waals surface area (Å²) in [7, 11) is 0. The Morgan fingerprint density at radius 2 is 2.07 bits per heavy atom. The molecule has 1 spiro atoms. The maximum absolute atomic E-state index is 9.83. The highest BCUT2D eigenvalue weighted by atomic mass is 16.6. The fraction of sp³-hybridized carbons (Fsp3) is 1.00. The predicted octanol–water partition coefficient (Wildman–Crippen LogP) is 2.35. The maximum Gasteiger partial charge on any atom is 0.103 e. The number of aliphatic hydroxyl groups is 1. The largest absolute Gasteiger partial charge is 0.393 e. The summed E-state index contributed by atoms with van der Waals surface area (Å²) in [5.41, 5.74) is 0.366. The van der Waals surface area contributed by atoms with Gasteiger partial charge >= 0.3 is 0 Å². The quantitative estimate of drug-likeness (QED) is 0.622. The lowest BCUT2D eigenvalue weighted by atomic mass is 9.52. The van der Waals surface area contributed by atoms with Crippen molar-refractivity contribution in [2.75, 3.05) is 0 Å². The smallest absolute Gasteiger partial charge is 0.103 e. The molecule has 3 aliphatic rings. The first kappa shape index (κ1) is 10.1. The molecule has 0 aromatic carbocycles. The van der Waals surface area contributed by atoms with Gasteiger partial charge in [0.05, 0.1) is 12.2 Å². The van der Waals surface area contributed by atoms with Crippen molar-refractivity contribution in [3.8, 4) is 0 Å². The van der Waals surface area contributed by atoms with E-state index in [1.54, 1.807) is 0 Å². The van der Waals surface area contributed by atoms with E-state index < -0.39 is 0 Å². The third-order valence-corrected chi connectivity index (χ3v) is 5.76. The van der Waals surface area contributed by atoms with Gasteiger partial charge in [0.1, 0.15) is 5.60 Å². The van der Waals surface area contributed by atoms with Crippen LogP contribution in [0.25, 0.3) is 0 Å². The van der Waals surface area contributed by atoms with Crippen LogP contribution in [0, 0.1) is 17.3 Å². The van der Waals surface area contributed by atoms with Crippen molar-refractivity contribution in [3.63, 3.8) is 0 Å². The molecule has 1 N–H and O–H groups in total. The highest BCUT2D eigenvalue weighted by molar-refractivity contribution is 5.20. The molecule has 2 nitrogen and oxygen atoms in total. The monoisotopic (exact) mass is 210 g/mol. The average Bonchev–Trinajstić information content (AvgIpc) is 2.85. The van der Waals surface area contributed by atoms with E-state index in [1.165, 1.54) is 6.42 Å². The van der Waals surface area contributed by atoms with Crippen LogP contribution in [0.5, 0.6) is 0 Å². The van der Waals surface area contributed by atoms with Crippen molar-refractivity contribution >= 4 is 0 Å². The first-order chi connectivity index (χ1) is 6.99. The lowest BCUT2D eigenvalue weighted by Crippen LogP contribution is -2.53. The molecule has 1 heterocycles. The minimum absolute atomic E-state index is 0.0522. The molecular weight excluding hydrogens is 188 g/mol. The lowest BCUT2D eigenvalue weighted by Gasteiger charge is -2.50. The number of ether oxygens (including phenoxy) is 1. The average molecular weight is 210 g/mol. The molecule has 6 atom stereocenters. The minimum atomic E-state index is -0.122. The third-order valence-electron chi connectivity index (χ3n) is 5.76. The fourth-order valence-corrected chi connectivity index (χ4v) is 4.29. The van der Waals surface area contributed by atoms with E-state index in [2.05, 4.69) is 20.8 Å². The van der Waals surface area contributed by atoms with Gasteiger partial charge in [-0.3, -0.25) is 0 Å². The second-order valence-corrected chi connectivity index (χ2v) is 6.31. The Bertz CT molecular complexity index is 290. The Hall–Kier alpha value is -0.0800. The van der Waals surface area contributed by atoms with Crippen LogP contribution >= 0.6 is 0 Å². The molecule has 3 fully saturated rings. The summed E-state index contributed by atoms with van der Waals surface area (Å²) in [6.45, 7) is 7.12. The van der Waals surface area contributed by atoms with E-state index in [9.17, 15) is 5.11 Å². The van der Waals surface area contributed by atoms with Crippen molar-refractivity contribution in [2.45, 2.75) is 64.3 Å². The summed E-state index contributed by atoms with van der Waals surface area (Å²) in [6.07, 6.45) is 4.50. The van der Waals surface area contributed by atoms with Gasteiger partial charge in [0.2, 0.25) is 0 Å². The molecule has 0 bridgehead atoms. The lowest BCUT2D eigenvalue weighted by molar-refractivity contribution is -0.0551. The highest BCUT2D eigenvalue weighted by Gasteiger charge is 2.72. The van der Waals surface area contributed by atoms with Crippen LogP contribution < -0.4 is 0 Å². The summed E-state index contributed by atoms with van der Waals surface area (Å²) in [5.74, 6) is 1.50. The van der Waals surface area contributed by atoms with Gasteiger partial charge in [-0.15, -0.1) is 0 Å². The van der Waals surface area contributed by atoms with E-state index in [4.69, 9.17) is 4.74 Å². The molecule has 2 aliphatic carbocycles. The molecule has 0 radical (unpaired) electrons. The molecule has 0 aromatic heterocycles. The molecule has 3 rings (SSSR count). The van der Waals surface area contributed by atoms with E-state index in [-0.39, 0.29) is 11.7 Å². The molecule has 86 valence electrons. The number of epoxide rings is 1. The van der Waals surface area contributed by atoms with Gasteiger partial charge in [0.25, 0.3) is 0 Å². The third kappa shape index (κ3) is 1.07. The summed E-state index contributed by atoms with van der Waals surface area (Å²) < 4.78 is 6.02. The molecule has 3 unspecified atom stereocenters. The van der Waals surface area contributed by atoms with Crippen LogP contribution in [0.15, 0.2) is 0 Å². The Balaban J connectivity index is 1.95. The standard InChI is InChI=1S/C13H22O2/c1-8-6-11-13(15-11)7-10(14)4-5-12(13,3)9(8)2/h8-11,14H,4-7H2,1-3H3/t8?,9?,10?,11-,12+,13-/m0/s1. The number of rotatable bonds is 0. The molecule has 2 heteroatoms. The van der Waals surface area contributed by atoms with Crippen LogP contribution in [-0.2, 0) is 4.74 Å². The normalized spacial score (nSPS) is 63.2. The van der Waals surface area contributed by atoms with Crippen molar-refractivity contribution in [2.24, 2.45) is 17.3 Å². The summed E-state index contributed by atoms with van der Waals surface area (Å²) in [4.78, 5) is 0. The Morgan fingerprint density at radius 3 is 2.80 bits per heavy atom. The van der Waals surface area contributed by atoms with Crippen LogP contribution in [0.1, 0.15) is 46.5 Å². The van der Waals surface area contributed by atoms with Crippen molar-refractivity contribution in [1.29, 1.82) is 0 Å². The van der Waals surface area contributed by atoms with Gasteiger partial charge in [0, 0.05) is 11.8 Å². The zero-order valence-electron chi connectivity index (χ0n) is 9.99. The topological polar surface area (TPSA) is 32.8 Å². The van der Waals surface area contributed by atoms with Gasteiger partial charge < -0.3 is 9.84 Å². The number of hydrogen-bond acceptors (Lipinski definition) is 2. The molecule has 0 aromatic rings. The van der Waals surface area contributed by atoms with Crippen LogP contribution in [0.2, 0.25) is 0 Å². The SMILES string of the molecule is CC1C[C@@H]2O[C@@]23CC(O)CC[C@]3(C)C1C. The summed E-state index contributed by atoms with van der Waals surface area (Å²) in [5, 5.41) is 9.83. The molecule has 15 heavy (non-hydrogen) atoms. The molecule has 2 saturated carbocycles. The zero-order chi connectivity index (χ0) is 10.8. The Morgan fingerprint density at radius 1 is 1.33 bits per heavy atom. The summed E-state index contributed by atoms with van der Waals surface area (Å²) >= 11 is 0. The van der Waals surface area contributed by atoms with E-state index >= 15 is 0 Å². The van der Waals surface area contributed by atoms with Crippen LogP contribution in [0.3, 0.4) is 0 Å². The second-order valence-electron chi connectivity index (χ2n) is 6.31. The first-order valence-electron chi connectivity index (χ1n) is 6.35. The van der Waals surface area contributed by atoms with Gasteiger partial charge in [0.15, 0.2) is 0 Å². The predicted molar refractivity (Wildman–Crippen MR) is 58.5 cm³/mol. The van der Waals surface area contributed by atoms with Gasteiger partial charge in [-0.1, -0.05) is 20.8 Å². The van der Waals surface area contributed by atoms with Gasteiger partial charge in [-0.25, -0.2) is 0 Å². The molecule has 1 aliphatic heterocycles. The van der Waals surface area contributed by atoms with Crippen molar-refractivity contribution in [1.82, 2.24) is 0 Å². The first-order valence-corrected chi connectivity index (χ1v) is 6.35. The Labute approximate surface area is 92.0 Å². The maximum atomic E-state index is 9.83. The van der Waals surface area contributed by atoms with E-state index in [1.807, 2.05) is 0 Å². The van der Waals surface area contributed by atoms with E-state index in [0.29, 0.717) is 11.5 Å². The summed E-state index contributed by atoms with van der Waals surface area (Å²) in [6, 6.07) is 0. The van der Waals surface area contributed by atoms with Crippen LogP contribution in [0.4, 0.5) is 0 Å². The van der Waals surface area contributed by atoms with Gasteiger partial charge in [-0.2, -0.15) is 0 Å². The second kappa shape index (κ2) is 2.78. The fourth-order valence-electron chi connectivity index (χ4n) is 4.29. The highest BCUT2D eigenvalue weighted by Crippen LogP contribution is 2.67. The van der Waals surface area contributed by atoms with E-state index in [0.717, 1.165) is 31.1 Å². The molecular formula is C13H22O2. The van der Waals surface area contributed by atoms with Crippen molar-refractivity contribution < 1.29 is 9.84 Å². The van der Waals surface area contributed by atoms with Crippen molar-refractivity contribution in [3.05, 3.63) is 0 Å². The van der Waals surface area contributed by atoms with Gasteiger partial charge in [-0.05, 0) is 31.1 Å². The minimum Gasteiger partial charge on any atom is -0.393 e. The molecule has 1 saturated heterocycles. The zero-order valence-corrected chi connectivity index (χ0v) is 9.99. The van der Waals surface area contributed by atoms with Crippen LogP contribution in [-0.4, -0.2) is 22.9 Å². The Kier molecular flexibility index (Phi) is 1.87. The molecule has 0 amide bonds. The number of aliphatic hydroxyl groups excluding tert-OH is 1.